The first kappa shape index (κ1) is 23.5. The Morgan fingerprint density at radius 1 is 0.969 bits per heavy atom. The van der Waals surface area contributed by atoms with E-state index in [1.807, 2.05) is 32.0 Å². The monoisotopic (exact) mass is 494 g/mol. The van der Waals surface area contributed by atoms with Gasteiger partial charge in [-0.3, -0.25) is 9.59 Å². The van der Waals surface area contributed by atoms with E-state index in [1.54, 1.807) is 42.5 Å². The van der Waals surface area contributed by atoms with Gasteiger partial charge in [0, 0.05) is 18.0 Å². The quantitative estimate of drug-likeness (QED) is 0.391. The minimum Gasteiger partial charge on any atom is -0.492 e. The summed E-state index contributed by atoms with van der Waals surface area (Å²) >= 11 is 3.49. The van der Waals surface area contributed by atoms with E-state index < -0.39 is 0 Å². The molecule has 32 heavy (non-hydrogen) atoms. The van der Waals surface area contributed by atoms with Crippen molar-refractivity contribution in [1.82, 2.24) is 5.32 Å². The highest BCUT2D eigenvalue weighted by Crippen LogP contribution is 2.27. The molecule has 0 aliphatic heterocycles. The number of hydrogen-bond acceptors (Lipinski definition) is 3. The van der Waals surface area contributed by atoms with Gasteiger partial charge in [-0.05, 0) is 65.2 Å². The molecule has 3 aromatic rings. The fourth-order valence-electron chi connectivity index (χ4n) is 3.07. The van der Waals surface area contributed by atoms with Crippen LogP contribution in [0.25, 0.3) is 0 Å². The molecule has 0 heterocycles. The first-order chi connectivity index (χ1) is 15.5. The molecule has 0 saturated heterocycles. The Bertz CT molecular complexity index is 1070. The maximum atomic E-state index is 12.8. The predicted octanol–water partition coefficient (Wildman–Crippen LogP) is 5.85. The Hall–Kier alpha value is -3.12. The van der Waals surface area contributed by atoms with Crippen molar-refractivity contribution < 1.29 is 14.3 Å². The average molecular weight is 495 g/mol. The highest BCUT2D eigenvalue weighted by atomic mass is 79.9. The lowest BCUT2D eigenvalue weighted by molar-refractivity contribution is 0.0940. The summed E-state index contributed by atoms with van der Waals surface area (Å²) in [4.78, 5) is 25.4. The van der Waals surface area contributed by atoms with Crippen molar-refractivity contribution in [3.8, 4) is 5.75 Å². The first-order valence-electron chi connectivity index (χ1n) is 10.7. The predicted molar refractivity (Wildman–Crippen MR) is 131 cm³/mol. The molecule has 2 N–H and O–H groups in total. The maximum absolute atomic E-state index is 12.8. The van der Waals surface area contributed by atoms with E-state index in [1.165, 1.54) is 5.56 Å². The Labute approximate surface area is 197 Å². The fraction of sp³-hybridized carbons (Fsp3) is 0.231. The van der Waals surface area contributed by atoms with Crippen molar-refractivity contribution in [2.75, 3.05) is 11.9 Å². The number of benzene rings is 3. The van der Waals surface area contributed by atoms with Gasteiger partial charge in [-0.15, -0.1) is 0 Å². The molecule has 0 aromatic heterocycles. The van der Waals surface area contributed by atoms with Crippen LogP contribution in [0, 0.1) is 0 Å². The molecule has 0 spiro atoms. The number of para-hydroxylation sites is 1. The second kappa shape index (κ2) is 11.5. The Morgan fingerprint density at radius 2 is 1.69 bits per heavy atom. The van der Waals surface area contributed by atoms with Gasteiger partial charge < -0.3 is 15.4 Å². The molecule has 1 atom stereocenters. The summed E-state index contributed by atoms with van der Waals surface area (Å²) in [6.45, 7) is 4.48. The van der Waals surface area contributed by atoms with Crippen molar-refractivity contribution in [3.63, 3.8) is 0 Å². The Balaban J connectivity index is 1.65. The topological polar surface area (TPSA) is 67.4 Å². The van der Waals surface area contributed by atoms with Crippen molar-refractivity contribution >= 4 is 33.4 Å². The number of ether oxygens (including phenoxy) is 1. The summed E-state index contributed by atoms with van der Waals surface area (Å²) in [6.07, 6.45) is 1.62. The molecular formula is C26H27BrN2O3. The molecule has 3 aromatic carbocycles. The molecule has 5 nitrogen and oxygen atoms in total. The minimum atomic E-state index is -0.301. The highest BCUT2D eigenvalue weighted by Gasteiger charge is 2.16. The van der Waals surface area contributed by atoms with E-state index in [-0.39, 0.29) is 17.9 Å². The molecule has 0 fully saturated rings. The standard InChI is InChI=1S/C26H27BrN2O3/c1-3-18(2)28-26(31)21-11-7-8-12-23(21)29-25(30)20-13-14-24(22(27)17-20)32-16-15-19-9-5-4-6-10-19/h4-14,17-18H,3,15-16H2,1-2H3,(H,28,31)(H,29,30). The number of hydrogen-bond donors (Lipinski definition) is 2. The van der Waals surface area contributed by atoms with Crippen LogP contribution in [-0.2, 0) is 6.42 Å². The third-order valence-electron chi connectivity index (χ3n) is 5.09. The van der Waals surface area contributed by atoms with Crippen LogP contribution in [0.1, 0.15) is 46.5 Å². The molecule has 2 amide bonds. The second-order valence-electron chi connectivity index (χ2n) is 7.51. The maximum Gasteiger partial charge on any atom is 0.255 e. The smallest absolute Gasteiger partial charge is 0.255 e. The van der Waals surface area contributed by atoms with Gasteiger partial charge in [0.05, 0.1) is 22.3 Å². The summed E-state index contributed by atoms with van der Waals surface area (Å²) in [5.74, 6) is 0.162. The van der Waals surface area contributed by atoms with E-state index in [9.17, 15) is 9.59 Å². The fourth-order valence-corrected chi connectivity index (χ4v) is 3.56. The number of carbonyl (C=O) groups excluding carboxylic acids is 2. The van der Waals surface area contributed by atoms with E-state index in [0.29, 0.717) is 33.6 Å². The molecule has 0 aliphatic rings. The molecule has 1 unspecified atom stereocenters. The van der Waals surface area contributed by atoms with Gasteiger partial charge in [0.2, 0.25) is 0 Å². The van der Waals surface area contributed by atoms with Gasteiger partial charge in [-0.25, -0.2) is 0 Å². The lowest BCUT2D eigenvalue weighted by Crippen LogP contribution is -2.32. The first-order valence-corrected chi connectivity index (χ1v) is 11.4. The Morgan fingerprint density at radius 3 is 2.41 bits per heavy atom. The zero-order chi connectivity index (χ0) is 22.9. The third kappa shape index (κ3) is 6.44. The SMILES string of the molecule is CCC(C)NC(=O)c1ccccc1NC(=O)c1ccc(OCCc2ccccc2)c(Br)c1. The van der Waals surface area contributed by atoms with Crippen LogP contribution < -0.4 is 15.4 Å². The summed E-state index contributed by atoms with van der Waals surface area (Å²) in [7, 11) is 0. The van der Waals surface area contributed by atoms with Crippen LogP contribution in [0.5, 0.6) is 5.75 Å². The summed E-state index contributed by atoms with van der Waals surface area (Å²) in [5.41, 5.74) is 2.57. The summed E-state index contributed by atoms with van der Waals surface area (Å²) < 4.78 is 6.56. The number of amides is 2. The lowest BCUT2D eigenvalue weighted by Gasteiger charge is -2.15. The van der Waals surface area contributed by atoms with E-state index in [4.69, 9.17) is 4.74 Å². The molecule has 0 radical (unpaired) electrons. The summed E-state index contributed by atoms with van der Waals surface area (Å²) in [5, 5.41) is 5.78. The van der Waals surface area contributed by atoms with Gasteiger partial charge in [-0.1, -0.05) is 49.4 Å². The minimum absolute atomic E-state index is 0.0525. The van der Waals surface area contributed by atoms with Crippen LogP contribution in [0.4, 0.5) is 5.69 Å². The van der Waals surface area contributed by atoms with Crippen LogP contribution in [0.3, 0.4) is 0 Å². The molecule has 0 saturated carbocycles. The molecule has 0 bridgehead atoms. The van der Waals surface area contributed by atoms with E-state index in [2.05, 4.69) is 38.7 Å². The van der Waals surface area contributed by atoms with Gasteiger partial charge in [0.25, 0.3) is 11.8 Å². The van der Waals surface area contributed by atoms with Gasteiger partial charge in [-0.2, -0.15) is 0 Å². The molecule has 166 valence electrons. The number of halogens is 1. The van der Waals surface area contributed by atoms with Crippen molar-refractivity contribution in [2.45, 2.75) is 32.7 Å². The van der Waals surface area contributed by atoms with Crippen molar-refractivity contribution in [3.05, 3.63) is 94.0 Å². The van der Waals surface area contributed by atoms with Gasteiger partial charge in [0.15, 0.2) is 0 Å². The molecule has 6 heteroatoms. The number of anilines is 1. The van der Waals surface area contributed by atoms with Crippen LogP contribution in [-0.4, -0.2) is 24.5 Å². The number of nitrogens with one attached hydrogen (secondary N) is 2. The third-order valence-corrected chi connectivity index (χ3v) is 5.71. The zero-order valence-corrected chi connectivity index (χ0v) is 19.8. The average Bonchev–Trinajstić information content (AvgIpc) is 2.81. The van der Waals surface area contributed by atoms with Gasteiger partial charge >= 0.3 is 0 Å². The van der Waals surface area contributed by atoms with Crippen LogP contribution in [0.15, 0.2) is 77.3 Å². The Kier molecular flexibility index (Phi) is 8.45. The van der Waals surface area contributed by atoms with Crippen molar-refractivity contribution in [2.24, 2.45) is 0 Å². The second-order valence-corrected chi connectivity index (χ2v) is 8.37. The molecule has 3 rings (SSSR count). The van der Waals surface area contributed by atoms with Crippen LogP contribution in [0.2, 0.25) is 0 Å². The van der Waals surface area contributed by atoms with Crippen LogP contribution >= 0.6 is 15.9 Å². The van der Waals surface area contributed by atoms with E-state index >= 15 is 0 Å². The number of carbonyl (C=O) groups is 2. The lowest BCUT2D eigenvalue weighted by atomic mass is 10.1. The number of rotatable bonds is 9. The zero-order valence-electron chi connectivity index (χ0n) is 18.2. The highest BCUT2D eigenvalue weighted by molar-refractivity contribution is 9.10. The molecular weight excluding hydrogens is 468 g/mol. The normalized spacial score (nSPS) is 11.5. The summed E-state index contributed by atoms with van der Waals surface area (Å²) in [6, 6.07) is 22.4. The largest absolute Gasteiger partial charge is 0.492 e. The van der Waals surface area contributed by atoms with Crippen molar-refractivity contribution in [1.29, 1.82) is 0 Å². The van der Waals surface area contributed by atoms with E-state index in [0.717, 1.165) is 12.8 Å². The molecule has 0 aliphatic carbocycles. The van der Waals surface area contributed by atoms with Gasteiger partial charge in [0.1, 0.15) is 5.75 Å².